The van der Waals surface area contributed by atoms with E-state index in [1.54, 1.807) is 12.1 Å². The smallest absolute Gasteiger partial charge is 0.0411 e. The third kappa shape index (κ3) is 14.4. The molecule has 4 nitrogen and oxygen atoms in total. The topological polar surface area (TPSA) is 80.3 Å². The molecular formula is C12H12O4Y2-4. The molecule has 2 radical (unpaired) electrons. The Morgan fingerprint density at radius 1 is 1.11 bits per heavy atom. The summed E-state index contributed by atoms with van der Waals surface area (Å²) < 4.78 is 0. The van der Waals surface area contributed by atoms with Crippen molar-refractivity contribution >= 4 is 11.9 Å². The first kappa shape index (κ1) is 23.5. The van der Waals surface area contributed by atoms with Crippen LogP contribution in [0.4, 0.5) is 0 Å². The molecule has 0 saturated carbocycles. The Kier molecular flexibility index (Phi) is 18.0. The van der Waals surface area contributed by atoms with Crippen LogP contribution in [0.25, 0.3) is 0 Å². The standard InChI is InChI=1S/C9H8O2.C3H6O2.2Y/c1-7-2-4-8(5-3-7)6-9(10)11;1-2-3(4)5;;/h4-5H,6H2,1H3,(H,10,11);2H2,1H3,(H,4,5);;/q-2;;;/p-2. The van der Waals surface area contributed by atoms with Crippen LogP contribution >= 0.6 is 0 Å². The van der Waals surface area contributed by atoms with Gasteiger partial charge >= 0.3 is 0 Å². The second-order valence-electron chi connectivity index (χ2n) is 3.05. The average molecular weight is 398 g/mol. The average Bonchev–Trinajstić information content (AvgIpc) is 2.22. The first-order valence-electron chi connectivity index (χ1n) is 4.74. The second-order valence-corrected chi connectivity index (χ2v) is 3.05. The van der Waals surface area contributed by atoms with Crippen molar-refractivity contribution in [1.29, 1.82) is 0 Å². The largest absolute Gasteiger partial charge is 0.552 e. The van der Waals surface area contributed by atoms with E-state index >= 15 is 0 Å². The Morgan fingerprint density at radius 3 is 1.78 bits per heavy atom. The Bertz CT molecular complexity index is 350. The van der Waals surface area contributed by atoms with Gasteiger partial charge in [-0.05, 0) is 6.42 Å². The number of carboxylic acids is 2. The minimum absolute atomic E-state index is 0. The van der Waals surface area contributed by atoms with E-state index in [0.717, 1.165) is 5.56 Å². The molecule has 1 aromatic carbocycles. The van der Waals surface area contributed by atoms with E-state index in [4.69, 9.17) is 0 Å². The van der Waals surface area contributed by atoms with Gasteiger partial charge in [-0.15, -0.1) is 0 Å². The molecule has 0 aromatic heterocycles. The summed E-state index contributed by atoms with van der Waals surface area (Å²) >= 11 is 0. The van der Waals surface area contributed by atoms with Crippen molar-refractivity contribution < 1.29 is 85.2 Å². The van der Waals surface area contributed by atoms with E-state index in [2.05, 4.69) is 12.1 Å². The molecule has 1 aromatic rings. The van der Waals surface area contributed by atoms with Gasteiger partial charge in [-0.3, -0.25) is 23.3 Å². The molecule has 0 bridgehead atoms. The molecule has 0 fully saturated rings. The number of hydrogen-bond acceptors (Lipinski definition) is 4. The summed E-state index contributed by atoms with van der Waals surface area (Å²) in [5, 5.41) is 19.4. The van der Waals surface area contributed by atoms with Crippen LogP contribution in [0.15, 0.2) is 12.1 Å². The van der Waals surface area contributed by atoms with Crippen LogP contribution < -0.4 is 10.2 Å². The summed E-state index contributed by atoms with van der Waals surface area (Å²) in [6.45, 7) is 3.39. The van der Waals surface area contributed by atoms with Crippen LogP contribution in [-0.4, -0.2) is 11.9 Å². The molecule has 0 atom stereocenters. The zero-order valence-corrected chi connectivity index (χ0v) is 16.0. The fourth-order valence-electron chi connectivity index (χ4n) is 0.754. The van der Waals surface area contributed by atoms with E-state index < -0.39 is 11.9 Å². The minimum Gasteiger partial charge on any atom is -0.552 e. The van der Waals surface area contributed by atoms with Gasteiger partial charge in [0.25, 0.3) is 0 Å². The maximum atomic E-state index is 10.1. The van der Waals surface area contributed by atoms with Gasteiger partial charge in [-0.1, -0.05) is 20.3 Å². The van der Waals surface area contributed by atoms with E-state index in [0.29, 0.717) is 5.56 Å². The molecule has 0 amide bonds. The molecule has 0 spiro atoms. The number of benzene rings is 1. The van der Waals surface area contributed by atoms with Crippen molar-refractivity contribution in [2.75, 3.05) is 0 Å². The Balaban J connectivity index is -0.000000282. The van der Waals surface area contributed by atoms with Gasteiger partial charge in [0.15, 0.2) is 0 Å². The number of hydrogen-bond donors (Lipinski definition) is 0. The van der Waals surface area contributed by atoms with Gasteiger partial charge in [-0.2, -0.15) is 0 Å². The molecule has 0 heterocycles. The summed E-state index contributed by atoms with van der Waals surface area (Å²) in [6, 6.07) is 9.00. The second kappa shape index (κ2) is 13.8. The number of carboxylic acid groups (broad SMARTS) is 2. The van der Waals surface area contributed by atoms with Crippen LogP contribution in [0.2, 0.25) is 0 Å². The van der Waals surface area contributed by atoms with E-state index in [9.17, 15) is 19.8 Å². The van der Waals surface area contributed by atoms with Crippen LogP contribution in [-0.2, 0) is 81.4 Å². The summed E-state index contributed by atoms with van der Waals surface area (Å²) in [5.74, 6) is -2.07. The normalized spacial score (nSPS) is 7.89. The van der Waals surface area contributed by atoms with Crippen molar-refractivity contribution in [1.82, 2.24) is 0 Å². The van der Waals surface area contributed by atoms with Crippen LogP contribution in [0.1, 0.15) is 24.5 Å². The molecule has 1 rings (SSSR count). The van der Waals surface area contributed by atoms with Crippen LogP contribution in [0, 0.1) is 19.1 Å². The monoisotopic (exact) mass is 398 g/mol. The molecule has 0 aliphatic heterocycles. The number of rotatable bonds is 3. The summed E-state index contributed by atoms with van der Waals surface area (Å²) in [5.41, 5.74) is 1.56. The molecule has 6 heteroatoms. The van der Waals surface area contributed by atoms with Crippen molar-refractivity contribution in [3.8, 4) is 0 Å². The van der Waals surface area contributed by atoms with Crippen molar-refractivity contribution in [2.24, 2.45) is 0 Å². The summed E-state index contributed by atoms with van der Waals surface area (Å²) in [7, 11) is 0. The van der Waals surface area contributed by atoms with E-state index in [1.165, 1.54) is 6.92 Å². The maximum Gasteiger partial charge on any atom is 0.0411 e. The minimum atomic E-state index is -1.07. The molecular weight excluding hydrogens is 386 g/mol. The third-order valence-corrected chi connectivity index (χ3v) is 1.59. The zero-order valence-electron chi connectivity index (χ0n) is 10.4. The molecule has 18 heavy (non-hydrogen) atoms. The van der Waals surface area contributed by atoms with E-state index in [1.807, 2.05) is 6.92 Å². The predicted octanol–water partition coefficient (Wildman–Crippen LogP) is -0.971. The number of carbonyl (C=O) groups excluding carboxylic acids is 2. The first-order valence-corrected chi connectivity index (χ1v) is 4.74. The summed E-state index contributed by atoms with van der Waals surface area (Å²) in [6.07, 6.45) is 0.0489. The fraction of sp³-hybridized carbons (Fsp3) is 0.333. The summed E-state index contributed by atoms with van der Waals surface area (Å²) in [4.78, 5) is 19.4. The van der Waals surface area contributed by atoms with E-state index in [-0.39, 0.29) is 78.3 Å². The maximum absolute atomic E-state index is 10.1. The van der Waals surface area contributed by atoms with Gasteiger partial charge in [0.1, 0.15) is 0 Å². The van der Waals surface area contributed by atoms with Gasteiger partial charge in [0.05, 0.1) is 0 Å². The van der Waals surface area contributed by atoms with Gasteiger partial charge in [0.2, 0.25) is 0 Å². The zero-order chi connectivity index (χ0) is 12.6. The molecule has 0 N–H and O–H groups in total. The molecule has 0 aliphatic rings. The number of carbonyl (C=O) groups is 2. The van der Waals surface area contributed by atoms with Crippen molar-refractivity contribution in [3.05, 3.63) is 35.4 Å². The van der Waals surface area contributed by atoms with Crippen molar-refractivity contribution in [3.63, 3.8) is 0 Å². The Morgan fingerprint density at radius 2 is 1.50 bits per heavy atom. The fourth-order valence-corrected chi connectivity index (χ4v) is 0.754. The molecule has 0 unspecified atom stereocenters. The number of aliphatic carboxylic acids is 2. The van der Waals surface area contributed by atoms with Gasteiger partial charge in [0, 0.05) is 77.4 Å². The number of aryl methyl sites for hydroxylation is 1. The first-order chi connectivity index (χ1) is 7.45. The Labute approximate surface area is 157 Å². The van der Waals surface area contributed by atoms with Crippen LogP contribution in [0.5, 0.6) is 0 Å². The molecule has 0 saturated heterocycles. The van der Waals surface area contributed by atoms with Gasteiger partial charge in [-0.25, -0.2) is 0 Å². The van der Waals surface area contributed by atoms with Crippen molar-refractivity contribution in [2.45, 2.75) is 26.7 Å². The predicted molar refractivity (Wildman–Crippen MR) is 52.9 cm³/mol. The molecule has 94 valence electrons. The SMILES string of the molecule is CCC(=O)[O-].Cc1[c-]cc(CC(=O)[O-])c[c-]1.[Y].[Y]. The quantitative estimate of drug-likeness (QED) is 0.614. The third-order valence-electron chi connectivity index (χ3n) is 1.59. The van der Waals surface area contributed by atoms with Crippen LogP contribution in [0.3, 0.4) is 0 Å². The Hall–Kier alpha value is 0.368. The molecule has 0 aliphatic carbocycles. The van der Waals surface area contributed by atoms with Gasteiger partial charge < -0.3 is 31.9 Å².